The van der Waals surface area contributed by atoms with E-state index in [4.69, 9.17) is 13.9 Å². The number of hydrogen-bond acceptors (Lipinski definition) is 6. The van der Waals surface area contributed by atoms with Gasteiger partial charge in [0.05, 0.1) is 25.5 Å². The van der Waals surface area contributed by atoms with E-state index < -0.39 is 0 Å². The van der Waals surface area contributed by atoms with E-state index in [0.29, 0.717) is 25.7 Å². The highest BCUT2D eigenvalue weighted by Gasteiger charge is 2.45. The van der Waals surface area contributed by atoms with Gasteiger partial charge in [0.1, 0.15) is 10.5 Å². The second kappa shape index (κ2) is 9.61. The highest BCUT2D eigenvalue weighted by molar-refractivity contribution is 8.01. The summed E-state index contributed by atoms with van der Waals surface area (Å²) < 4.78 is 16.5. The molecule has 6 heteroatoms. The second-order valence-corrected chi connectivity index (χ2v) is 8.65. The topological polar surface area (TPSA) is 61.6 Å². The fraction of sp³-hybridized carbons (Fsp3) is 0.545. The Morgan fingerprint density at radius 3 is 2.61 bits per heavy atom. The molecule has 0 saturated heterocycles. The van der Waals surface area contributed by atoms with Crippen LogP contribution in [0.4, 0.5) is 0 Å². The number of nitrogens with zero attached hydrogens (tertiary/aromatic N) is 1. The third-order valence-electron chi connectivity index (χ3n) is 5.09. The van der Waals surface area contributed by atoms with E-state index in [0.717, 1.165) is 48.5 Å². The first-order chi connectivity index (χ1) is 13.5. The molecule has 0 N–H and O–H groups in total. The maximum Gasteiger partial charge on any atom is 0.322 e. The fourth-order valence-electron chi connectivity index (χ4n) is 3.21. The van der Waals surface area contributed by atoms with Gasteiger partial charge in [-0.05, 0) is 52.2 Å². The summed E-state index contributed by atoms with van der Waals surface area (Å²) in [5.74, 6) is 2.23. The zero-order chi connectivity index (χ0) is 20.0. The summed E-state index contributed by atoms with van der Waals surface area (Å²) in [6.45, 7) is 7.51. The zero-order valence-corrected chi connectivity index (χ0v) is 17.8. The number of hydrogen-bond donors (Lipinski definition) is 0. The molecule has 0 atom stereocenters. The quantitative estimate of drug-likeness (QED) is 0.422. The summed E-state index contributed by atoms with van der Waals surface area (Å²) in [5, 5.41) is 0. The van der Waals surface area contributed by atoms with Crippen LogP contribution in [0.1, 0.15) is 43.2 Å². The Balaban J connectivity index is 1.41. The minimum absolute atomic E-state index is 0.0619. The van der Waals surface area contributed by atoms with Crippen molar-refractivity contribution in [3.05, 3.63) is 41.3 Å². The van der Waals surface area contributed by atoms with Gasteiger partial charge in [0.2, 0.25) is 5.89 Å². The Bertz CT molecular complexity index is 780. The van der Waals surface area contributed by atoms with Gasteiger partial charge in [-0.3, -0.25) is 4.79 Å². The summed E-state index contributed by atoms with van der Waals surface area (Å²) in [6.07, 6.45) is 3.64. The largest absolute Gasteiger partial charge is 0.465 e. The molecule has 1 aliphatic carbocycles. The van der Waals surface area contributed by atoms with Gasteiger partial charge < -0.3 is 13.9 Å². The van der Waals surface area contributed by atoms with E-state index >= 15 is 0 Å². The summed E-state index contributed by atoms with van der Waals surface area (Å²) in [6, 6.07) is 8.16. The molecular formula is C22H29NO4S. The van der Waals surface area contributed by atoms with Crippen LogP contribution >= 0.6 is 11.8 Å². The normalized spacial score (nSPS) is 15.2. The van der Waals surface area contributed by atoms with E-state index in [1.165, 1.54) is 5.56 Å². The lowest BCUT2D eigenvalue weighted by atomic mass is 9.84. The summed E-state index contributed by atoms with van der Waals surface area (Å²) in [4.78, 5) is 16.7. The van der Waals surface area contributed by atoms with Gasteiger partial charge in [0.25, 0.3) is 0 Å². The van der Waals surface area contributed by atoms with Gasteiger partial charge in [0.15, 0.2) is 0 Å². The molecule has 1 aliphatic rings. The Hall–Kier alpha value is -1.79. The average molecular weight is 404 g/mol. The maximum absolute atomic E-state index is 12.1. The lowest BCUT2D eigenvalue weighted by molar-refractivity contribution is -0.148. The van der Waals surface area contributed by atoms with Crippen molar-refractivity contribution in [1.29, 1.82) is 0 Å². The molecule has 1 saturated carbocycles. The number of carbonyl (C=O) groups is 1. The van der Waals surface area contributed by atoms with Gasteiger partial charge >= 0.3 is 5.97 Å². The van der Waals surface area contributed by atoms with Crippen LogP contribution in [-0.2, 0) is 20.7 Å². The fourth-order valence-corrected chi connectivity index (χ4v) is 4.56. The van der Waals surface area contributed by atoms with Crippen molar-refractivity contribution in [1.82, 2.24) is 4.98 Å². The molecule has 0 spiro atoms. The van der Waals surface area contributed by atoms with Crippen molar-refractivity contribution in [2.45, 2.75) is 51.2 Å². The number of oxazole rings is 1. The minimum atomic E-state index is -0.328. The van der Waals surface area contributed by atoms with Crippen molar-refractivity contribution in [2.24, 2.45) is 0 Å². The number of carbonyl (C=O) groups excluding carboxylic acids is 1. The Kier molecular flexibility index (Phi) is 7.18. The average Bonchev–Trinajstić information content (AvgIpc) is 3.01. The van der Waals surface area contributed by atoms with Crippen LogP contribution in [0.3, 0.4) is 0 Å². The number of rotatable bonds is 10. The standard InChI is InChI=1S/C22H29NO4S/c1-4-26-21(24)22(11-5-12-22)28-15-14-25-13-10-19-17(3)27-20(23-19)18-8-6-16(2)7-9-18/h6-9H,4-5,10-15H2,1-3H3. The van der Waals surface area contributed by atoms with E-state index in [1.54, 1.807) is 11.8 Å². The Labute approximate surface area is 171 Å². The number of thioether (sulfide) groups is 1. The van der Waals surface area contributed by atoms with Crippen molar-refractivity contribution in [3.8, 4) is 11.5 Å². The molecular weight excluding hydrogens is 374 g/mol. The first-order valence-electron chi connectivity index (χ1n) is 9.96. The SMILES string of the molecule is CCOC(=O)C1(SCCOCCc2nc(-c3ccc(C)cc3)oc2C)CCC1. The molecule has 3 rings (SSSR count). The Morgan fingerprint density at radius 1 is 1.21 bits per heavy atom. The first kappa shape index (κ1) is 20.9. The number of aryl methyl sites for hydroxylation is 2. The van der Waals surface area contributed by atoms with Crippen LogP contribution in [-0.4, -0.2) is 41.3 Å². The van der Waals surface area contributed by atoms with E-state index in [-0.39, 0.29) is 10.7 Å². The summed E-state index contributed by atoms with van der Waals surface area (Å²) in [5.41, 5.74) is 3.14. The molecule has 0 bridgehead atoms. The lowest BCUT2D eigenvalue weighted by Crippen LogP contribution is -2.43. The molecule has 0 aliphatic heterocycles. The predicted octanol–water partition coefficient (Wildman–Crippen LogP) is 4.74. The number of aromatic nitrogens is 1. The molecule has 5 nitrogen and oxygen atoms in total. The van der Waals surface area contributed by atoms with Gasteiger partial charge in [0, 0.05) is 17.7 Å². The molecule has 152 valence electrons. The van der Waals surface area contributed by atoms with E-state index in [2.05, 4.69) is 24.0 Å². The monoisotopic (exact) mass is 403 g/mol. The maximum atomic E-state index is 12.1. The van der Waals surface area contributed by atoms with Crippen molar-refractivity contribution >= 4 is 17.7 Å². The van der Waals surface area contributed by atoms with E-state index in [1.807, 2.05) is 26.0 Å². The van der Waals surface area contributed by atoms with Crippen LogP contribution in [0.2, 0.25) is 0 Å². The van der Waals surface area contributed by atoms with Crippen LogP contribution < -0.4 is 0 Å². The zero-order valence-electron chi connectivity index (χ0n) is 17.0. The molecule has 1 fully saturated rings. The number of ether oxygens (including phenoxy) is 2. The van der Waals surface area contributed by atoms with Gasteiger partial charge in [-0.25, -0.2) is 4.98 Å². The van der Waals surface area contributed by atoms with Crippen LogP contribution in [0.25, 0.3) is 11.5 Å². The van der Waals surface area contributed by atoms with E-state index in [9.17, 15) is 4.79 Å². The number of esters is 1. The van der Waals surface area contributed by atoms with Crippen LogP contribution in [0, 0.1) is 13.8 Å². The van der Waals surface area contributed by atoms with Crippen molar-refractivity contribution in [3.63, 3.8) is 0 Å². The minimum Gasteiger partial charge on any atom is -0.465 e. The smallest absolute Gasteiger partial charge is 0.322 e. The molecule has 1 aromatic carbocycles. The van der Waals surface area contributed by atoms with Gasteiger partial charge in [-0.15, -0.1) is 11.8 Å². The predicted molar refractivity (Wildman–Crippen MR) is 112 cm³/mol. The highest BCUT2D eigenvalue weighted by atomic mass is 32.2. The lowest BCUT2D eigenvalue weighted by Gasteiger charge is -2.38. The molecule has 0 amide bonds. The second-order valence-electron chi connectivity index (χ2n) is 7.17. The summed E-state index contributed by atoms with van der Waals surface area (Å²) in [7, 11) is 0. The van der Waals surface area contributed by atoms with Crippen molar-refractivity contribution in [2.75, 3.05) is 25.6 Å². The van der Waals surface area contributed by atoms with Crippen molar-refractivity contribution < 1.29 is 18.7 Å². The van der Waals surface area contributed by atoms with Gasteiger partial charge in [-0.1, -0.05) is 17.7 Å². The molecule has 1 aromatic heterocycles. The van der Waals surface area contributed by atoms with Crippen LogP contribution in [0.15, 0.2) is 28.7 Å². The molecule has 2 aromatic rings. The molecule has 0 unspecified atom stereocenters. The third kappa shape index (κ3) is 4.97. The third-order valence-corrected chi connectivity index (χ3v) is 6.59. The molecule has 28 heavy (non-hydrogen) atoms. The van der Waals surface area contributed by atoms with Crippen LogP contribution in [0.5, 0.6) is 0 Å². The molecule has 0 radical (unpaired) electrons. The first-order valence-corrected chi connectivity index (χ1v) is 10.9. The molecule has 1 heterocycles. The highest BCUT2D eigenvalue weighted by Crippen LogP contribution is 2.45. The summed E-state index contributed by atoms with van der Waals surface area (Å²) >= 11 is 1.68. The Morgan fingerprint density at radius 2 is 1.96 bits per heavy atom. The number of benzene rings is 1. The van der Waals surface area contributed by atoms with Gasteiger partial charge in [-0.2, -0.15) is 0 Å².